The van der Waals surface area contributed by atoms with Gasteiger partial charge in [-0.15, -0.1) is 0 Å². The molecular formula is C16H20ClNO3. The van der Waals surface area contributed by atoms with E-state index in [9.17, 15) is 9.90 Å². The monoisotopic (exact) mass is 309 g/mol. The zero-order valence-corrected chi connectivity index (χ0v) is 12.7. The number of nitrogens with one attached hydrogen (secondary N) is 1. The van der Waals surface area contributed by atoms with Crippen molar-refractivity contribution in [2.75, 3.05) is 13.2 Å². The van der Waals surface area contributed by atoms with Gasteiger partial charge >= 0.3 is 5.97 Å². The van der Waals surface area contributed by atoms with Gasteiger partial charge in [-0.2, -0.15) is 0 Å². The van der Waals surface area contributed by atoms with Crippen LogP contribution in [0.25, 0.3) is 0 Å². The van der Waals surface area contributed by atoms with E-state index in [-0.39, 0.29) is 11.8 Å². The van der Waals surface area contributed by atoms with Crippen molar-refractivity contribution in [3.05, 3.63) is 28.3 Å². The summed E-state index contributed by atoms with van der Waals surface area (Å²) in [7, 11) is 0. The molecule has 1 aromatic carbocycles. The number of fused-ring (bicyclic) bond motifs is 1. The molecule has 0 spiro atoms. The molecular weight excluding hydrogens is 290 g/mol. The standard InChI is InChI=1S/C16H20ClNO3/c17-13-6-10-4-5-21-15(10)12(7-13)9-18-8-11-2-1-3-14(11)16(19)20/h6-7,11,14,18H,1-5,8-9H2,(H,19,20). The Bertz CT molecular complexity index is 547. The Kier molecular flexibility index (Phi) is 4.36. The number of rotatable bonds is 5. The highest BCUT2D eigenvalue weighted by Gasteiger charge is 2.32. The fourth-order valence-corrected chi connectivity index (χ4v) is 3.74. The van der Waals surface area contributed by atoms with Gasteiger partial charge in [0.2, 0.25) is 0 Å². The summed E-state index contributed by atoms with van der Waals surface area (Å²) in [5, 5.41) is 13.3. The van der Waals surface area contributed by atoms with Gasteiger partial charge in [0.25, 0.3) is 0 Å². The highest BCUT2D eigenvalue weighted by molar-refractivity contribution is 6.30. The Morgan fingerprint density at radius 3 is 3.10 bits per heavy atom. The summed E-state index contributed by atoms with van der Waals surface area (Å²) in [4.78, 5) is 11.2. The molecule has 0 amide bonds. The van der Waals surface area contributed by atoms with Crippen LogP contribution in [0.3, 0.4) is 0 Å². The molecule has 1 aromatic rings. The van der Waals surface area contributed by atoms with Crippen LogP contribution in [0.2, 0.25) is 5.02 Å². The number of carbonyl (C=O) groups is 1. The van der Waals surface area contributed by atoms with Crippen molar-refractivity contribution in [3.8, 4) is 5.75 Å². The maximum atomic E-state index is 11.2. The first-order chi connectivity index (χ1) is 10.1. The topological polar surface area (TPSA) is 58.6 Å². The van der Waals surface area contributed by atoms with Crippen molar-refractivity contribution in [1.82, 2.24) is 5.32 Å². The molecule has 1 heterocycles. The van der Waals surface area contributed by atoms with E-state index in [1.807, 2.05) is 12.1 Å². The van der Waals surface area contributed by atoms with Crippen molar-refractivity contribution in [1.29, 1.82) is 0 Å². The van der Waals surface area contributed by atoms with E-state index in [4.69, 9.17) is 16.3 Å². The fraction of sp³-hybridized carbons (Fsp3) is 0.562. The van der Waals surface area contributed by atoms with Gasteiger partial charge < -0.3 is 15.2 Å². The van der Waals surface area contributed by atoms with Crippen LogP contribution in [0.5, 0.6) is 5.75 Å². The first kappa shape index (κ1) is 14.7. The highest BCUT2D eigenvalue weighted by Crippen LogP contribution is 2.34. The summed E-state index contributed by atoms with van der Waals surface area (Å²) in [5.41, 5.74) is 2.24. The Morgan fingerprint density at radius 2 is 2.29 bits per heavy atom. The molecule has 1 saturated carbocycles. The van der Waals surface area contributed by atoms with Gasteiger partial charge in [0.15, 0.2) is 0 Å². The minimum Gasteiger partial charge on any atom is -0.493 e. The van der Waals surface area contributed by atoms with E-state index < -0.39 is 5.97 Å². The normalized spacial score (nSPS) is 23.9. The molecule has 5 heteroatoms. The van der Waals surface area contributed by atoms with Gasteiger partial charge in [0, 0.05) is 23.6 Å². The quantitative estimate of drug-likeness (QED) is 0.878. The maximum absolute atomic E-state index is 11.2. The first-order valence-corrected chi connectivity index (χ1v) is 7.90. The summed E-state index contributed by atoms with van der Waals surface area (Å²) >= 11 is 6.14. The molecule has 21 heavy (non-hydrogen) atoms. The second-order valence-electron chi connectivity index (χ2n) is 5.92. The van der Waals surface area contributed by atoms with Gasteiger partial charge in [-0.25, -0.2) is 0 Å². The average Bonchev–Trinajstić information content (AvgIpc) is 3.06. The minimum atomic E-state index is -0.661. The number of ether oxygens (including phenoxy) is 1. The lowest BCUT2D eigenvalue weighted by Crippen LogP contribution is -2.28. The van der Waals surface area contributed by atoms with Crippen LogP contribution < -0.4 is 10.1 Å². The lowest BCUT2D eigenvalue weighted by molar-refractivity contribution is -0.142. The number of hydrogen-bond donors (Lipinski definition) is 2. The SMILES string of the molecule is O=C(O)C1CCCC1CNCc1cc(Cl)cc2c1OCC2. The number of carboxylic acids is 1. The summed E-state index contributed by atoms with van der Waals surface area (Å²) in [5.74, 6) is 0.328. The minimum absolute atomic E-state index is 0.196. The average molecular weight is 310 g/mol. The van der Waals surface area contributed by atoms with Crippen LogP contribution >= 0.6 is 11.6 Å². The first-order valence-electron chi connectivity index (χ1n) is 7.53. The lowest BCUT2D eigenvalue weighted by Gasteiger charge is -2.17. The molecule has 1 aliphatic heterocycles. The Morgan fingerprint density at radius 1 is 1.43 bits per heavy atom. The van der Waals surface area contributed by atoms with E-state index in [0.717, 1.165) is 48.6 Å². The van der Waals surface area contributed by atoms with Gasteiger partial charge in [-0.05, 0) is 43.0 Å². The van der Waals surface area contributed by atoms with E-state index in [1.54, 1.807) is 0 Å². The fourth-order valence-electron chi connectivity index (χ4n) is 3.48. The van der Waals surface area contributed by atoms with Gasteiger partial charge in [0.1, 0.15) is 5.75 Å². The molecule has 1 aliphatic carbocycles. The second kappa shape index (κ2) is 6.24. The van der Waals surface area contributed by atoms with Gasteiger partial charge in [0.05, 0.1) is 12.5 Å². The molecule has 3 rings (SSSR count). The summed E-state index contributed by atoms with van der Waals surface area (Å²) in [6, 6.07) is 3.90. The Hall–Kier alpha value is -1.26. The van der Waals surface area contributed by atoms with Crippen LogP contribution in [0.1, 0.15) is 30.4 Å². The smallest absolute Gasteiger partial charge is 0.306 e. The summed E-state index contributed by atoms with van der Waals surface area (Å²) < 4.78 is 5.67. The van der Waals surface area contributed by atoms with Crippen LogP contribution in [0.4, 0.5) is 0 Å². The van der Waals surface area contributed by atoms with Crippen LogP contribution in [0, 0.1) is 11.8 Å². The third-order valence-electron chi connectivity index (χ3n) is 4.52. The van der Waals surface area contributed by atoms with Gasteiger partial charge in [-0.3, -0.25) is 4.79 Å². The van der Waals surface area contributed by atoms with Crippen LogP contribution in [-0.4, -0.2) is 24.2 Å². The molecule has 0 aromatic heterocycles. The molecule has 0 bridgehead atoms. The number of benzene rings is 1. The zero-order valence-electron chi connectivity index (χ0n) is 11.9. The largest absolute Gasteiger partial charge is 0.493 e. The molecule has 2 unspecified atom stereocenters. The summed E-state index contributed by atoms with van der Waals surface area (Å²) in [6.45, 7) is 2.12. The van der Waals surface area contributed by atoms with Crippen molar-refractivity contribution >= 4 is 17.6 Å². The number of hydrogen-bond acceptors (Lipinski definition) is 3. The number of aliphatic carboxylic acids is 1. The van der Waals surface area contributed by atoms with E-state index >= 15 is 0 Å². The Labute approximate surface area is 129 Å². The van der Waals surface area contributed by atoms with Crippen molar-refractivity contribution in [3.63, 3.8) is 0 Å². The highest BCUT2D eigenvalue weighted by atomic mass is 35.5. The van der Waals surface area contributed by atoms with Crippen LogP contribution in [-0.2, 0) is 17.8 Å². The molecule has 4 nitrogen and oxygen atoms in total. The number of carboxylic acid groups (broad SMARTS) is 1. The maximum Gasteiger partial charge on any atom is 0.306 e. The predicted octanol–water partition coefficient (Wildman–Crippen LogP) is 2.87. The Balaban J connectivity index is 1.60. The van der Waals surface area contributed by atoms with E-state index in [2.05, 4.69) is 5.32 Å². The molecule has 114 valence electrons. The van der Waals surface area contributed by atoms with Crippen molar-refractivity contribution < 1.29 is 14.6 Å². The van der Waals surface area contributed by atoms with Gasteiger partial charge in [-0.1, -0.05) is 18.0 Å². The predicted molar refractivity (Wildman–Crippen MR) is 80.8 cm³/mol. The molecule has 2 N–H and O–H groups in total. The molecule has 2 atom stereocenters. The second-order valence-corrected chi connectivity index (χ2v) is 6.35. The molecule has 0 saturated heterocycles. The molecule has 2 aliphatic rings. The van der Waals surface area contributed by atoms with E-state index in [1.165, 1.54) is 5.56 Å². The van der Waals surface area contributed by atoms with Crippen molar-refractivity contribution in [2.24, 2.45) is 11.8 Å². The molecule has 1 fully saturated rings. The van der Waals surface area contributed by atoms with Crippen molar-refractivity contribution in [2.45, 2.75) is 32.2 Å². The third-order valence-corrected chi connectivity index (χ3v) is 4.74. The lowest BCUT2D eigenvalue weighted by atomic mass is 9.96. The van der Waals surface area contributed by atoms with Crippen LogP contribution in [0.15, 0.2) is 12.1 Å². The third kappa shape index (κ3) is 3.16. The van der Waals surface area contributed by atoms with E-state index in [0.29, 0.717) is 13.2 Å². The molecule has 0 radical (unpaired) electrons. The number of halogens is 1. The zero-order chi connectivity index (χ0) is 14.8. The summed E-state index contributed by atoms with van der Waals surface area (Å²) in [6.07, 6.45) is 3.72.